The molecule has 0 spiro atoms. The molecular weight excluding hydrogens is 404 g/mol. The van der Waals surface area contributed by atoms with Crippen molar-refractivity contribution in [1.29, 1.82) is 0 Å². The summed E-state index contributed by atoms with van der Waals surface area (Å²) in [5, 5.41) is 3.45. The number of carbonyl (C=O) groups excluding carboxylic acids is 2. The third kappa shape index (κ3) is 5.45. The van der Waals surface area contributed by atoms with Gasteiger partial charge in [-0.25, -0.2) is 0 Å². The van der Waals surface area contributed by atoms with Crippen molar-refractivity contribution >= 4 is 23.4 Å². The standard InChI is InChI=1S/C23H27ClN2O4/c1-3-12-25-23(28)16(2)26(14-18-6-4-5-7-19(18)24)22(27)11-9-17-8-10-20-21(13-17)30-15-29-20/h4-8,10,13,16H,3,9,11-12,14-15H2,1-2H3,(H,25,28)/t16-/m1/s1. The van der Waals surface area contributed by atoms with Crippen molar-refractivity contribution in [3.63, 3.8) is 0 Å². The van der Waals surface area contributed by atoms with Crippen LogP contribution in [0, 0.1) is 0 Å². The minimum atomic E-state index is -0.600. The van der Waals surface area contributed by atoms with Gasteiger partial charge in [-0.15, -0.1) is 0 Å². The molecule has 1 atom stereocenters. The fourth-order valence-corrected chi connectivity index (χ4v) is 3.48. The van der Waals surface area contributed by atoms with Gasteiger partial charge in [0.15, 0.2) is 11.5 Å². The Hall–Kier alpha value is -2.73. The molecule has 160 valence electrons. The second-order valence-electron chi connectivity index (χ2n) is 7.27. The van der Waals surface area contributed by atoms with Crippen LogP contribution in [0.3, 0.4) is 0 Å². The fraction of sp³-hybridized carbons (Fsp3) is 0.391. The number of fused-ring (bicyclic) bond motifs is 1. The molecule has 0 bridgehead atoms. The van der Waals surface area contributed by atoms with Crippen LogP contribution in [0.1, 0.15) is 37.8 Å². The van der Waals surface area contributed by atoms with Crippen LogP contribution < -0.4 is 14.8 Å². The highest BCUT2D eigenvalue weighted by molar-refractivity contribution is 6.31. The van der Waals surface area contributed by atoms with Gasteiger partial charge in [0.1, 0.15) is 6.04 Å². The molecule has 1 aliphatic rings. The first-order valence-corrected chi connectivity index (χ1v) is 10.6. The molecule has 2 amide bonds. The number of hydrogen-bond acceptors (Lipinski definition) is 4. The number of ether oxygens (including phenoxy) is 2. The van der Waals surface area contributed by atoms with Gasteiger partial charge >= 0.3 is 0 Å². The van der Waals surface area contributed by atoms with Crippen LogP contribution in [0.25, 0.3) is 0 Å². The number of rotatable bonds is 9. The Bertz CT molecular complexity index is 903. The van der Waals surface area contributed by atoms with E-state index in [1.54, 1.807) is 17.9 Å². The van der Waals surface area contributed by atoms with E-state index in [0.29, 0.717) is 29.5 Å². The van der Waals surface area contributed by atoms with Crippen LogP contribution in [-0.4, -0.2) is 36.1 Å². The molecule has 0 saturated carbocycles. The monoisotopic (exact) mass is 430 g/mol. The van der Waals surface area contributed by atoms with Crippen molar-refractivity contribution in [1.82, 2.24) is 10.2 Å². The molecule has 0 aromatic heterocycles. The maximum Gasteiger partial charge on any atom is 0.242 e. The van der Waals surface area contributed by atoms with Gasteiger partial charge < -0.3 is 19.7 Å². The van der Waals surface area contributed by atoms with Gasteiger partial charge in [0.2, 0.25) is 18.6 Å². The maximum atomic E-state index is 13.1. The second kappa shape index (κ2) is 10.3. The highest BCUT2D eigenvalue weighted by atomic mass is 35.5. The molecule has 6 nitrogen and oxygen atoms in total. The van der Waals surface area contributed by atoms with Crippen molar-refractivity contribution in [2.45, 2.75) is 45.7 Å². The number of carbonyl (C=O) groups is 2. The molecule has 2 aromatic rings. The van der Waals surface area contributed by atoms with Crippen molar-refractivity contribution in [2.24, 2.45) is 0 Å². The Morgan fingerprint density at radius 1 is 1.17 bits per heavy atom. The number of halogens is 1. The molecule has 2 aromatic carbocycles. The van der Waals surface area contributed by atoms with E-state index < -0.39 is 6.04 Å². The summed E-state index contributed by atoms with van der Waals surface area (Å²) >= 11 is 6.30. The van der Waals surface area contributed by atoms with Gasteiger partial charge in [-0.3, -0.25) is 9.59 Å². The molecule has 0 saturated heterocycles. The molecule has 0 radical (unpaired) electrons. The quantitative estimate of drug-likeness (QED) is 0.654. The summed E-state index contributed by atoms with van der Waals surface area (Å²) in [7, 11) is 0. The SMILES string of the molecule is CCCNC(=O)[C@@H](C)N(Cc1ccccc1Cl)C(=O)CCc1ccc2c(c1)OCO2. The lowest BCUT2D eigenvalue weighted by atomic mass is 10.1. The summed E-state index contributed by atoms with van der Waals surface area (Å²) in [5.41, 5.74) is 1.79. The zero-order valence-corrected chi connectivity index (χ0v) is 18.1. The Balaban J connectivity index is 1.71. The predicted octanol–water partition coefficient (Wildman–Crippen LogP) is 3.94. The van der Waals surface area contributed by atoms with E-state index in [1.165, 1.54) is 0 Å². The summed E-state index contributed by atoms with van der Waals surface area (Å²) in [6.07, 6.45) is 1.65. The van der Waals surface area contributed by atoms with Gasteiger partial charge in [0.25, 0.3) is 0 Å². The predicted molar refractivity (Wildman–Crippen MR) is 116 cm³/mol. The van der Waals surface area contributed by atoms with E-state index in [4.69, 9.17) is 21.1 Å². The van der Waals surface area contributed by atoms with Crippen molar-refractivity contribution in [3.8, 4) is 11.5 Å². The fourth-order valence-electron chi connectivity index (χ4n) is 3.28. The molecule has 30 heavy (non-hydrogen) atoms. The summed E-state index contributed by atoms with van der Waals surface area (Å²) in [6.45, 7) is 4.81. The van der Waals surface area contributed by atoms with Crippen molar-refractivity contribution in [2.75, 3.05) is 13.3 Å². The Morgan fingerprint density at radius 2 is 1.93 bits per heavy atom. The van der Waals surface area contributed by atoms with E-state index in [9.17, 15) is 9.59 Å². The first kappa shape index (κ1) is 22.0. The number of aryl methyl sites for hydroxylation is 1. The maximum absolute atomic E-state index is 13.1. The summed E-state index contributed by atoms with van der Waals surface area (Å²) in [4.78, 5) is 27.3. The van der Waals surface area contributed by atoms with E-state index >= 15 is 0 Å². The van der Waals surface area contributed by atoms with Crippen LogP contribution in [-0.2, 0) is 22.6 Å². The van der Waals surface area contributed by atoms with Crippen LogP contribution in [0.15, 0.2) is 42.5 Å². The minimum Gasteiger partial charge on any atom is -0.454 e. The van der Waals surface area contributed by atoms with Gasteiger partial charge in [-0.05, 0) is 49.1 Å². The zero-order chi connectivity index (χ0) is 21.5. The summed E-state index contributed by atoms with van der Waals surface area (Å²) in [6, 6.07) is 12.4. The molecule has 0 fully saturated rings. The number of hydrogen-bond donors (Lipinski definition) is 1. The minimum absolute atomic E-state index is 0.105. The van der Waals surface area contributed by atoms with Crippen molar-refractivity contribution < 1.29 is 19.1 Å². The molecule has 1 aliphatic heterocycles. The second-order valence-corrected chi connectivity index (χ2v) is 7.67. The first-order valence-electron chi connectivity index (χ1n) is 10.2. The molecule has 1 N–H and O–H groups in total. The van der Waals surface area contributed by atoms with Crippen LogP contribution in [0.2, 0.25) is 5.02 Å². The lowest BCUT2D eigenvalue weighted by Crippen LogP contribution is -2.47. The van der Waals surface area contributed by atoms with Gasteiger partial charge in [-0.1, -0.05) is 42.8 Å². The number of nitrogens with zero attached hydrogens (tertiary/aromatic N) is 1. The Kier molecular flexibility index (Phi) is 7.57. The normalized spacial score (nSPS) is 13.0. The molecule has 0 unspecified atom stereocenters. The molecular formula is C23H27ClN2O4. The van der Waals surface area contributed by atoms with Gasteiger partial charge in [0, 0.05) is 24.5 Å². The highest BCUT2D eigenvalue weighted by Gasteiger charge is 2.26. The molecule has 1 heterocycles. The van der Waals surface area contributed by atoms with Crippen LogP contribution in [0.5, 0.6) is 11.5 Å². The first-order chi connectivity index (χ1) is 14.5. The van der Waals surface area contributed by atoms with Gasteiger partial charge in [0.05, 0.1) is 0 Å². The average molecular weight is 431 g/mol. The van der Waals surface area contributed by atoms with E-state index in [1.807, 2.05) is 43.3 Å². The van der Waals surface area contributed by atoms with Crippen molar-refractivity contribution in [3.05, 3.63) is 58.6 Å². The highest BCUT2D eigenvalue weighted by Crippen LogP contribution is 2.32. The smallest absolute Gasteiger partial charge is 0.242 e. The lowest BCUT2D eigenvalue weighted by molar-refractivity contribution is -0.140. The summed E-state index contributed by atoms with van der Waals surface area (Å²) in [5.74, 6) is 1.14. The van der Waals surface area contributed by atoms with E-state index in [0.717, 1.165) is 17.5 Å². The van der Waals surface area contributed by atoms with Crippen LogP contribution in [0.4, 0.5) is 0 Å². The third-order valence-electron chi connectivity index (χ3n) is 5.08. The average Bonchev–Trinajstić information content (AvgIpc) is 3.22. The topological polar surface area (TPSA) is 67.9 Å². The van der Waals surface area contributed by atoms with E-state index in [2.05, 4.69) is 5.32 Å². The number of benzene rings is 2. The molecule has 7 heteroatoms. The largest absolute Gasteiger partial charge is 0.454 e. The Morgan fingerprint density at radius 3 is 2.70 bits per heavy atom. The Labute approximate surface area is 182 Å². The lowest BCUT2D eigenvalue weighted by Gasteiger charge is -2.29. The van der Waals surface area contributed by atoms with Crippen LogP contribution >= 0.6 is 11.6 Å². The van der Waals surface area contributed by atoms with E-state index in [-0.39, 0.29) is 31.6 Å². The zero-order valence-electron chi connectivity index (χ0n) is 17.3. The summed E-state index contributed by atoms with van der Waals surface area (Å²) < 4.78 is 10.7. The third-order valence-corrected chi connectivity index (χ3v) is 5.45. The molecule has 0 aliphatic carbocycles. The molecule has 3 rings (SSSR count). The number of amides is 2. The van der Waals surface area contributed by atoms with Gasteiger partial charge in [-0.2, -0.15) is 0 Å². The number of nitrogens with one attached hydrogen (secondary N) is 1.